The number of nitrogens with one attached hydrogen (secondary N) is 1. The Labute approximate surface area is 66.3 Å². The van der Waals surface area contributed by atoms with Crippen molar-refractivity contribution in [1.29, 1.82) is 5.26 Å². The molecule has 0 amide bonds. The lowest BCUT2D eigenvalue weighted by Crippen LogP contribution is -2.27. The fourth-order valence-corrected chi connectivity index (χ4v) is 2.12. The van der Waals surface area contributed by atoms with Gasteiger partial charge in [-0.2, -0.15) is 5.26 Å². The summed E-state index contributed by atoms with van der Waals surface area (Å²) in [5.74, 6) is 0. The normalized spacial score (nSPS) is 17.7. The number of hydrogen-bond donors (Lipinski definition) is 1. The predicted molar refractivity (Wildman–Crippen MR) is 40.2 cm³/mol. The molecule has 0 aliphatic heterocycles. The van der Waals surface area contributed by atoms with E-state index in [1.165, 1.54) is 0 Å². The molecule has 0 saturated heterocycles. The van der Waals surface area contributed by atoms with Crippen molar-refractivity contribution >= 4 is 10.0 Å². The summed E-state index contributed by atoms with van der Waals surface area (Å²) in [6, 6.07) is 1.87. The van der Waals surface area contributed by atoms with Crippen LogP contribution in [0.2, 0.25) is 0 Å². The van der Waals surface area contributed by atoms with Gasteiger partial charge in [0.15, 0.2) is 0 Å². The van der Waals surface area contributed by atoms with Gasteiger partial charge in [0.1, 0.15) is 0 Å². The SMILES string of the molecule is N#CCCNS(=O)(=O)C1CC1. The lowest BCUT2D eigenvalue weighted by Gasteiger charge is -2.00. The van der Waals surface area contributed by atoms with Gasteiger partial charge in [0.25, 0.3) is 0 Å². The third-order valence-corrected chi connectivity index (χ3v) is 3.46. The van der Waals surface area contributed by atoms with Crippen LogP contribution < -0.4 is 4.72 Å². The van der Waals surface area contributed by atoms with E-state index < -0.39 is 10.0 Å². The minimum Gasteiger partial charge on any atom is -0.214 e. The van der Waals surface area contributed by atoms with Crippen molar-refractivity contribution in [2.75, 3.05) is 6.54 Å². The molecule has 0 bridgehead atoms. The van der Waals surface area contributed by atoms with Gasteiger partial charge >= 0.3 is 0 Å². The Balaban J connectivity index is 2.30. The van der Waals surface area contributed by atoms with E-state index in [4.69, 9.17) is 5.26 Å². The Hall–Kier alpha value is -0.600. The first-order valence-electron chi connectivity index (χ1n) is 3.52. The lowest BCUT2D eigenvalue weighted by atomic mass is 10.5. The Morgan fingerprint density at radius 2 is 2.18 bits per heavy atom. The number of hydrogen-bond acceptors (Lipinski definition) is 3. The highest BCUT2D eigenvalue weighted by Crippen LogP contribution is 2.27. The van der Waals surface area contributed by atoms with Crippen molar-refractivity contribution in [3.63, 3.8) is 0 Å². The highest BCUT2D eigenvalue weighted by atomic mass is 32.2. The molecule has 1 aliphatic rings. The molecule has 0 atom stereocenters. The van der Waals surface area contributed by atoms with Crippen LogP contribution >= 0.6 is 0 Å². The van der Waals surface area contributed by atoms with Gasteiger partial charge in [0.2, 0.25) is 10.0 Å². The van der Waals surface area contributed by atoms with Gasteiger partial charge in [-0.25, -0.2) is 13.1 Å². The number of rotatable bonds is 4. The molecule has 0 aromatic rings. The summed E-state index contributed by atoms with van der Waals surface area (Å²) in [5.41, 5.74) is 0. The second-order valence-electron chi connectivity index (χ2n) is 2.55. The Morgan fingerprint density at radius 1 is 1.55 bits per heavy atom. The van der Waals surface area contributed by atoms with Crippen molar-refractivity contribution in [2.24, 2.45) is 0 Å². The number of sulfonamides is 1. The van der Waals surface area contributed by atoms with Crippen LogP contribution in [0.4, 0.5) is 0 Å². The van der Waals surface area contributed by atoms with Gasteiger partial charge in [-0.1, -0.05) is 0 Å². The minimum absolute atomic E-state index is 0.179. The summed E-state index contributed by atoms with van der Waals surface area (Å²) in [6.45, 7) is 0.245. The zero-order valence-electron chi connectivity index (χ0n) is 6.08. The zero-order chi connectivity index (χ0) is 8.32. The molecule has 4 nitrogen and oxygen atoms in total. The quantitative estimate of drug-likeness (QED) is 0.609. The average Bonchev–Trinajstić information content (AvgIpc) is 2.68. The van der Waals surface area contributed by atoms with E-state index in [1.807, 2.05) is 6.07 Å². The molecule has 1 N–H and O–H groups in total. The fourth-order valence-electron chi connectivity index (χ4n) is 0.745. The van der Waals surface area contributed by atoms with Gasteiger partial charge in [0.05, 0.1) is 11.3 Å². The van der Waals surface area contributed by atoms with Gasteiger partial charge in [-0.3, -0.25) is 0 Å². The standard InChI is InChI=1S/C6H10N2O2S/c7-4-1-5-8-11(9,10)6-2-3-6/h6,8H,1-3,5H2. The van der Waals surface area contributed by atoms with Crippen LogP contribution in [0.25, 0.3) is 0 Å². The first-order valence-corrected chi connectivity index (χ1v) is 5.07. The molecule has 11 heavy (non-hydrogen) atoms. The smallest absolute Gasteiger partial charge is 0.214 e. The van der Waals surface area contributed by atoms with E-state index in [9.17, 15) is 8.42 Å². The second-order valence-corrected chi connectivity index (χ2v) is 4.59. The molecule has 1 aliphatic carbocycles. The van der Waals surface area contributed by atoms with E-state index in [-0.39, 0.29) is 18.2 Å². The Bertz CT molecular complexity index is 261. The van der Waals surface area contributed by atoms with Crippen LogP contribution in [-0.4, -0.2) is 20.2 Å². The summed E-state index contributed by atoms with van der Waals surface area (Å²) >= 11 is 0. The van der Waals surface area contributed by atoms with Crippen molar-refractivity contribution in [2.45, 2.75) is 24.5 Å². The molecular weight excluding hydrogens is 164 g/mol. The monoisotopic (exact) mass is 174 g/mol. The van der Waals surface area contributed by atoms with Crippen LogP contribution in [0, 0.1) is 11.3 Å². The largest absolute Gasteiger partial charge is 0.214 e. The van der Waals surface area contributed by atoms with Crippen LogP contribution in [0.3, 0.4) is 0 Å². The molecule has 0 aromatic carbocycles. The Morgan fingerprint density at radius 3 is 2.64 bits per heavy atom. The first kappa shape index (κ1) is 8.50. The van der Waals surface area contributed by atoms with Gasteiger partial charge < -0.3 is 0 Å². The average molecular weight is 174 g/mol. The molecule has 0 unspecified atom stereocenters. The highest BCUT2D eigenvalue weighted by Gasteiger charge is 2.34. The highest BCUT2D eigenvalue weighted by molar-refractivity contribution is 7.90. The molecule has 1 rings (SSSR count). The van der Waals surface area contributed by atoms with E-state index in [0.717, 1.165) is 12.8 Å². The van der Waals surface area contributed by atoms with Gasteiger partial charge in [-0.05, 0) is 12.8 Å². The van der Waals surface area contributed by atoms with E-state index in [0.29, 0.717) is 0 Å². The summed E-state index contributed by atoms with van der Waals surface area (Å²) < 4.78 is 24.5. The van der Waals surface area contributed by atoms with E-state index in [1.54, 1.807) is 0 Å². The van der Waals surface area contributed by atoms with Crippen LogP contribution in [0.1, 0.15) is 19.3 Å². The molecule has 0 heterocycles. The fraction of sp³-hybridized carbons (Fsp3) is 0.833. The maximum Gasteiger partial charge on any atom is 0.214 e. The molecule has 0 radical (unpaired) electrons. The van der Waals surface area contributed by atoms with Gasteiger partial charge in [0, 0.05) is 13.0 Å². The third-order valence-electron chi connectivity index (χ3n) is 1.50. The minimum atomic E-state index is -3.06. The van der Waals surface area contributed by atoms with Crippen LogP contribution in [-0.2, 0) is 10.0 Å². The summed E-state index contributed by atoms with van der Waals surface area (Å²) in [6.07, 6.45) is 1.77. The van der Waals surface area contributed by atoms with E-state index in [2.05, 4.69) is 4.72 Å². The zero-order valence-corrected chi connectivity index (χ0v) is 6.89. The third kappa shape index (κ3) is 2.48. The lowest BCUT2D eigenvalue weighted by molar-refractivity contribution is 0.581. The molecule has 1 saturated carbocycles. The van der Waals surface area contributed by atoms with Gasteiger partial charge in [-0.15, -0.1) is 0 Å². The van der Waals surface area contributed by atoms with Crippen LogP contribution in [0.15, 0.2) is 0 Å². The summed E-state index contributed by atoms with van der Waals surface area (Å²) in [5, 5.41) is 7.95. The molecular formula is C6H10N2O2S. The summed E-state index contributed by atoms with van der Waals surface area (Å²) in [7, 11) is -3.06. The van der Waals surface area contributed by atoms with Crippen molar-refractivity contribution < 1.29 is 8.42 Å². The first-order chi connectivity index (χ1) is 5.17. The van der Waals surface area contributed by atoms with Crippen molar-refractivity contribution in [1.82, 2.24) is 4.72 Å². The predicted octanol–water partition coefficient (Wildman–Crippen LogP) is -0.0181. The maximum atomic E-state index is 11.0. The second kappa shape index (κ2) is 3.20. The maximum absolute atomic E-state index is 11.0. The van der Waals surface area contributed by atoms with Crippen molar-refractivity contribution in [3.8, 4) is 6.07 Å². The van der Waals surface area contributed by atoms with E-state index >= 15 is 0 Å². The molecule has 62 valence electrons. The summed E-state index contributed by atoms with van der Waals surface area (Å²) in [4.78, 5) is 0. The molecule has 0 spiro atoms. The molecule has 0 aromatic heterocycles. The van der Waals surface area contributed by atoms with Crippen molar-refractivity contribution in [3.05, 3.63) is 0 Å². The number of nitriles is 1. The Kier molecular flexibility index (Phi) is 2.47. The molecule has 1 fully saturated rings. The topological polar surface area (TPSA) is 70.0 Å². The van der Waals surface area contributed by atoms with Crippen LogP contribution in [0.5, 0.6) is 0 Å². The molecule has 5 heteroatoms. The number of nitrogens with zero attached hydrogens (tertiary/aromatic N) is 1.